The maximum Gasteiger partial charge on any atom is 0.150 e. The van der Waals surface area contributed by atoms with Crippen LogP contribution >= 0.6 is 23.2 Å². The van der Waals surface area contributed by atoms with E-state index >= 15 is 0 Å². The molecule has 2 heterocycles. The number of rotatable bonds is 2. The second kappa shape index (κ2) is 5.00. The van der Waals surface area contributed by atoms with E-state index in [1.165, 1.54) is 6.20 Å². The van der Waals surface area contributed by atoms with Crippen molar-refractivity contribution in [2.75, 3.05) is 16.8 Å². The molecule has 0 unspecified atom stereocenters. The van der Waals surface area contributed by atoms with Crippen LogP contribution in [0, 0.1) is 0 Å². The molecule has 0 radical (unpaired) electrons. The van der Waals surface area contributed by atoms with Crippen LogP contribution in [-0.2, 0) is 9.84 Å². The molecule has 1 saturated heterocycles. The molecule has 0 spiro atoms. The summed E-state index contributed by atoms with van der Waals surface area (Å²) < 4.78 is 22.5. The van der Waals surface area contributed by atoms with E-state index in [0.717, 1.165) is 0 Å². The summed E-state index contributed by atoms with van der Waals surface area (Å²) in [7, 11) is -2.84. The molecule has 1 aliphatic rings. The van der Waals surface area contributed by atoms with Crippen molar-refractivity contribution in [3.05, 3.63) is 22.3 Å². The molecule has 1 fully saturated rings. The van der Waals surface area contributed by atoms with Crippen molar-refractivity contribution in [1.82, 2.24) is 4.98 Å². The van der Waals surface area contributed by atoms with Crippen LogP contribution in [0.25, 0.3) is 0 Å². The van der Waals surface area contributed by atoms with Crippen molar-refractivity contribution in [3.8, 4) is 0 Å². The summed E-state index contributed by atoms with van der Waals surface area (Å²) in [5.74, 6) is 0.992. The van der Waals surface area contributed by atoms with E-state index in [0.29, 0.717) is 28.7 Å². The van der Waals surface area contributed by atoms with E-state index in [-0.39, 0.29) is 17.5 Å². The minimum absolute atomic E-state index is 0.102. The molecule has 0 bridgehead atoms. The zero-order valence-corrected chi connectivity index (χ0v) is 11.3. The fourth-order valence-electron chi connectivity index (χ4n) is 1.75. The third-order valence-electron chi connectivity index (χ3n) is 2.70. The Morgan fingerprint density at radius 3 is 2.53 bits per heavy atom. The average Bonchev–Trinajstić information content (AvgIpc) is 2.25. The van der Waals surface area contributed by atoms with E-state index in [4.69, 9.17) is 23.2 Å². The molecule has 1 aromatic rings. The fraction of sp³-hybridized carbons (Fsp3) is 0.500. The Morgan fingerprint density at radius 1 is 1.29 bits per heavy atom. The van der Waals surface area contributed by atoms with Gasteiger partial charge in [0.2, 0.25) is 0 Å². The Labute approximate surface area is 110 Å². The summed E-state index contributed by atoms with van der Waals surface area (Å²) in [6.07, 6.45) is 2.68. The number of nitrogens with zero attached hydrogens (tertiary/aromatic N) is 1. The number of nitrogens with one attached hydrogen (secondary N) is 1. The lowest BCUT2D eigenvalue weighted by molar-refractivity contribution is 0.559. The number of sulfone groups is 1. The molecular formula is C10H12Cl2N2O2S. The highest BCUT2D eigenvalue weighted by molar-refractivity contribution is 7.91. The van der Waals surface area contributed by atoms with E-state index in [2.05, 4.69) is 10.3 Å². The predicted octanol–water partition coefficient (Wildman–Crippen LogP) is 2.38. The lowest BCUT2D eigenvalue weighted by Crippen LogP contribution is -2.32. The average molecular weight is 295 g/mol. The van der Waals surface area contributed by atoms with Crippen LogP contribution in [0.1, 0.15) is 12.8 Å². The highest BCUT2D eigenvalue weighted by atomic mass is 35.5. The Kier molecular flexibility index (Phi) is 3.80. The second-order valence-corrected chi connectivity index (χ2v) is 7.20. The van der Waals surface area contributed by atoms with Crippen molar-refractivity contribution in [1.29, 1.82) is 0 Å². The van der Waals surface area contributed by atoms with Gasteiger partial charge >= 0.3 is 0 Å². The van der Waals surface area contributed by atoms with Crippen LogP contribution in [0.2, 0.25) is 10.0 Å². The fourth-order valence-corrected chi connectivity index (χ4v) is 3.67. The number of pyridine rings is 1. The molecule has 2 rings (SSSR count). The van der Waals surface area contributed by atoms with Crippen molar-refractivity contribution in [2.45, 2.75) is 18.9 Å². The summed E-state index contributed by atoms with van der Waals surface area (Å²) in [4.78, 5) is 4.08. The van der Waals surface area contributed by atoms with Gasteiger partial charge in [-0.1, -0.05) is 23.2 Å². The van der Waals surface area contributed by atoms with Gasteiger partial charge in [-0.25, -0.2) is 13.4 Å². The highest BCUT2D eigenvalue weighted by Gasteiger charge is 2.24. The number of aromatic nitrogens is 1. The Balaban J connectivity index is 2.02. The normalized spacial score (nSPS) is 20.1. The van der Waals surface area contributed by atoms with Gasteiger partial charge < -0.3 is 5.32 Å². The molecule has 1 aliphatic heterocycles. The molecule has 0 aliphatic carbocycles. The van der Waals surface area contributed by atoms with Gasteiger partial charge in [-0.3, -0.25) is 0 Å². The molecule has 17 heavy (non-hydrogen) atoms. The van der Waals surface area contributed by atoms with Gasteiger partial charge in [-0.05, 0) is 18.9 Å². The molecule has 1 aromatic heterocycles. The molecule has 0 atom stereocenters. The highest BCUT2D eigenvalue weighted by Crippen LogP contribution is 2.25. The maximum absolute atomic E-state index is 11.3. The van der Waals surface area contributed by atoms with Gasteiger partial charge in [0.15, 0.2) is 0 Å². The van der Waals surface area contributed by atoms with Crippen molar-refractivity contribution in [3.63, 3.8) is 0 Å². The van der Waals surface area contributed by atoms with Crippen LogP contribution in [0.15, 0.2) is 12.3 Å². The lowest BCUT2D eigenvalue weighted by Gasteiger charge is -2.23. The predicted molar refractivity (Wildman–Crippen MR) is 69.6 cm³/mol. The molecule has 0 aromatic carbocycles. The number of hydrogen-bond acceptors (Lipinski definition) is 4. The van der Waals surface area contributed by atoms with Crippen LogP contribution in [0.3, 0.4) is 0 Å². The van der Waals surface area contributed by atoms with Gasteiger partial charge in [-0.15, -0.1) is 0 Å². The Hall–Kier alpha value is -0.520. The third-order valence-corrected chi connectivity index (χ3v) is 4.91. The molecule has 4 nitrogen and oxygen atoms in total. The minimum Gasteiger partial charge on any atom is -0.366 e. The van der Waals surface area contributed by atoms with Crippen LogP contribution in [0.5, 0.6) is 0 Å². The minimum atomic E-state index is -2.84. The molecule has 94 valence electrons. The summed E-state index contributed by atoms with van der Waals surface area (Å²) in [6, 6.07) is 1.71. The molecule has 1 N–H and O–H groups in total. The van der Waals surface area contributed by atoms with Gasteiger partial charge in [0.1, 0.15) is 15.7 Å². The van der Waals surface area contributed by atoms with Gasteiger partial charge in [0.05, 0.1) is 21.6 Å². The van der Waals surface area contributed by atoms with Crippen LogP contribution < -0.4 is 5.32 Å². The smallest absolute Gasteiger partial charge is 0.150 e. The molecule has 7 heteroatoms. The zero-order chi connectivity index (χ0) is 12.5. The standard InChI is InChI=1S/C10H12Cl2N2O2S/c11-7-5-9(12)10(13-6-7)14-8-1-3-17(15,16)4-2-8/h5-6,8H,1-4H2,(H,13,14). The first kappa shape index (κ1) is 12.9. The summed E-state index contributed by atoms with van der Waals surface area (Å²) in [5.41, 5.74) is 0. The van der Waals surface area contributed by atoms with Gasteiger partial charge in [0.25, 0.3) is 0 Å². The van der Waals surface area contributed by atoms with E-state index in [1.807, 2.05) is 0 Å². The summed E-state index contributed by atoms with van der Waals surface area (Å²) in [6.45, 7) is 0. The summed E-state index contributed by atoms with van der Waals surface area (Å²) >= 11 is 11.7. The van der Waals surface area contributed by atoms with Crippen LogP contribution in [-0.4, -0.2) is 30.9 Å². The topological polar surface area (TPSA) is 59.1 Å². The van der Waals surface area contributed by atoms with E-state index < -0.39 is 9.84 Å². The van der Waals surface area contributed by atoms with Gasteiger partial charge in [-0.2, -0.15) is 0 Å². The number of hydrogen-bond donors (Lipinski definition) is 1. The summed E-state index contributed by atoms with van der Waals surface area (Å²) in [5, 5.41) is 4.08. The Bertz CT molecular complexity index is 505. The lowest BCUT2D eigenvalue weighted by atomic mass is 10.1. The van der Waals surface area contributed by atoms with Crippen LogP contribution in [0.4, 0.5) is 5.82 Å². The molecule has 0 saturated carbocycles. The van der Waals surface area contributed by atoms with Crippen molar-refractivity contribution in [2.24, 2.45) is 0 Å². The van der Waals surface area contributed by atoms with Crippen molar-refractivity contribution >= 4 is 38.9 Å². The quantitative estimate of drug-likeness (QED) is 0.910. The third kappa shape index (κ3) is 3.47. The molecular weight excluding hydrogens is 283 g/mol. The largest absolute Gasteiger partial charge is 0.366 e. The van der Waals surface area contributed by atoms with Crippen molar-refractivity contribution < 1.29 is 8.42 Å². The van der Waals surface area contributed by atoms with Gasteiger partial charge in [0, 0.05) is 12.2 Å². The Morgan fingerprint density at radius 2 is 1.94 bits per heavy atom. The first-order chi connectivity index (χ1) is 7.96. The number of halogens is 2. The number of anilines is 1. The second-order valence-electron chi connectivity index (χ2n) is 4.05. The first-order valence-corrected chi connectivity index (χ1v) is 7.82. The SMILES string of the molecule is O=S1(=O)CCC(Nc2ncc(Cl)cc2Cl)CC1. The molecule has 0 amide bonds. The van der Waals surface area contributed by atoms with E-state index in [9.17, 15) is 8.42 Å². The maximum atomic E-state index is 11.3. The zero-order valence-electron chi connectivity index (χ0n) is 8.99. The van der Waals surface area contributed by atoms with E-state index in [1.54, 1.807) is 6.07 Å². The monoisotopic (exact) mass is 294 g/mol. The first-order valence-electron chi connectivity index (χ1n) is 5.24.